The van der Waals surface area contributed by atoms with Crippen LogP contribution >= 0.6 is 11.6 Å². The molecule has 0 bridgehead atoms. The maximum atomic E-state index is 7.00. The highest BCUT2D eigenvalue weighted by atomic mass is 35.5. The molecule has 5 aromatic carbocycles. The van der Waals surface area contributed by atoms with E-state index in [-0.39, 0.29) is 6.61 Å². The van der Waals surface area contributed by atoms with Crippen molar-refractivity contribution in [1.82, 2.24) is 9.78 Å². The fourth-order valence-electron chi connectivity index (χ4n) is 6.21. The third-order valence-corrected chi connectivity index (χ3v) is 8.95. The Morgan fingerprint density at radius 3 is 1.53 bits per heavy atom. The largest absolute Gasteiger partial charge is 0.374 e. The van der Waals surface area contributed by atoms with Crippen LogP contribution in [0.15, 0.2) is 146 Å². The van der Waals surface area contributed by atoms with Crippen LogP contribution in [0.3, 0.4) is 0 Å². The van der Waals surface area contributed by atoms with Crippen LogP contribution in [0.25, 0.3) is 10.9 Å². The van der Waals surface area contributed by atoms with Crippen LogP contribution in [0.4, 0.5) is 0 Å². The van der Waals surface area contributed by atoms with Crippen LogP contribution in [-0.2, 0) is 50.1 Å². The van der Waals surface area contributed by atoms with Crippen LogP contribution in [0.5, 0.6) is 0 Å². The van der Waals surface area contributed by atoms with Crippen molar-refractivity contribution in [3.8, 4) is 0 Å². The molecule has 1 saturated heterocycles. The van der Waals surface area contributed by atoms with Gasteiger partial charge in [-0.05, 0) is 34.4 Å². The first-order valence-electron chi connectivity index (χ1n) is 16.6. The molecule has 7 rings (SSSR count). The van der Waals surface area contributed by atoms with E-state index in [1.807, 2.05) is 126 Å². The highest BCUT2D eigenvalue weighted by Gasteiger charge is 2.50. The Bertz CT molecular complexity index is 1870. The van der Waals surface area contributed by atoms with Gasteiger partial charge in [-0.15, -0.1) is 0 Å². The fraction of sp³-hybridized carbons (Fsp3) is 0.244. The van der Waals surface area contributed by atoms with E-state index in [2.05, 4.69) is 24.3 Å². The van der Waals surface area contributed by atoms with Crippen molar-refractivity contribution in [2.75, 3.05) is 6.61 Å². The Morgan fingerprint density at radius 1 is 0.531 bits per heavy atom. The van der Waals surface area contributed by atoms with Gasteiger partial charge in [-0.25, -0.2) is 4.68 Å². The Balaban J connectivity index is 1.27. The van der Waals surface area contributed by atoms with E-state index in [0.717, 1.165) is 33.2 Å². The number of aromatic nitrogens is 2. The van der Waals surface area contributed by atoms with Gasteiger partial charge in [0.05, 0.1) is 38.6 Å². The van der Waals surface area contributed by atoms with Gasteiger partial charge in [-0.3, -0.25) is 0 Å². The van der Waals surface area contributed by atoms with E-state index in [0.29, 0.717) is 31.6 Å². The number of para-hydroxylation sites is 1. The fourth-order valence-corrected chi connectivity index (χ4v) is 6.45. The normalized spacial score (nSPS) is 20.8. The van der Waals surface area contributed by atoms with E-state index in [4.69, 9.17) is 40.4 Å². The molecule has 250 valence electrons. The molecule has 8 heteroatoms. The number of halogens is 1. The zero-order valence-corrected chi connectivity index (χ0v) is 27.8. The predicted molar refractivity (Wildman–Crippen MR) is 190 cm³/mol. The summed E-state index contributed by atoms with van der Waals surface area (Å²) >= 11 is 6.72. The van der Waals surface area contributed by atoms with Gasteiger partial charge in [-0.1, -0.05) is 145 Å². The average molecular weight is 675 g/mol. The smallest absolute Gasteiger partial charge is 0.180 e. The summed E-state index contributed by atoms with van der Waals surface area (Å²) in [5.74, 6) is 0. The molecule has 0 radical (unpaired) electrons. The molecule has 0 N–H and O–H groups in total. The Labute approximate surface area is 291 Å². The molecule has 7 nitrogen and oxygen atoms in total. The quantitative estimate of drug-likeness (QED) is 0.115. The number of benzene rings is 5. The molecule has 0 amide bonds. The number of ether oxygens (including phenoxy) is 5. The SMILES string of the molecule is Clc1nn([C@H]2O[C@H](COCc3ccccc3)[C@@H](OCc3ccccc3)[C@H](OCc3ccccc3)[C@@H]2OCc2ccccc2)c2ccccc12. The van der Waals surface area contributed by atoms with Crippen LogP contribution < -0.4 is 0 Å². The van der Waals surface area contributed by atoms with Crippen molar-refractivity contribution in [1.29, 1.82) is 0 Å². The zero-order chi connectivity index (χ0) is 33.3. The van der Waals surface area contributed by atoms with Crippen LogP contribution in [0.2, 0.25) is 5.15 Å². The number of hydrogen-bond donors (Lipinski definition) is 0. The number of rotatable bonds is 14. The second-order valence-electron chi connectivity index (χ2n) is 12.1. The summed E-state index contributed by atoms with van der Waals surface area (Å²) < 4.78 is 35.6. The summed E-state index contributed by atoms with van der Waals surface area (Å²) in [5.41, 5.74) is 5.02. The Hall–Kier alpha value is -4.34. The second kappa shape index (κ2) is 16.4. The lowest BCUT2D eigenvalue weighted by atomic mass is 9.96. The summed E-state index contributed by atoms with van der Waals surface area (Å²) in [5, 5.41) is 6.01. The number of nitrogens with zero attached hydrogens (tertiary/aromatic N) is 2. The van der Waals surface area contributed by atoms with Crippen molar-refractivity contribution in [3.63, 3.8) is 0 Å². The van der Waals surface area contributed by atoms with E-state index in [1.165, 1.54) is 0 Å². The molecule has 6 aromatic rings. The summed E-state index contributed by atoms with van der Waals surface area (Å²) in [6, 6.07) is 48.3. The van der Waals surface area contributed by atoms with Crippen LogP contribution in [0.1, 0.15) is 28.5 Å². The van der Waals surface area contributed by atoms with E-state index in [9.17, 15) is 0 Å². The van der Waals surface area contributed by atoms with Crippen molar-refractivity contribution in [2.24, 2.45) is 0 Å². The summed E-state index contributed by atoms with van der Waals surface area (Å²) in [7, 11) is 0. The summed E-state index contributed by atoms with van der Waals surface area (Å²) in [6.07, 6.45) is -2.98. The topological polar surface area (TPSA) is 64.0 Å². The minimum absolute atomic E-state index is 0.258. The lowest BCUT2D eigenvalue weighted by molar-refractivity contribution is -0.291. The Kier molecular flexibility index (Phi) is 11.1. The molecule has 0 aliphatic carbocycles. The molecule has 0 saturated carbocycles. The van der Waals surface area contributed by atoms with Crippen molar-refractivity contribution >= 4 is 22.5 Å². The lowest BCUT2D eigenvalue weighted by Gasteiger charge is -2.46. The third kappa shape index (κ3) is 8.28. The molecular formula is C41H39ClN2O5. The van der Waals surface area contributed by atoms with Crippen LogP contribution in [0, 0.1) is 0 Å². The molecule has 0 spiro atoms. The molecule has 49 heavy (non-hydrogen) atoms. The van der Waals surface area contributed by atoms with Crippen molar-refractivity contribution in [3.05, 3.63) is 173 Å². The first-order valence-corrected chi connectivity index (χ1v) is 17.0. The standard InChI is InChI=1S/C41H39ClN2O5/c42-40-34-23-13-14-24-35(34)44(43-40)41-39(48-28-33-21-11-4-12-22-33)38(47-27-32-19-9-3-10-20-32)37(46-26-31-17-7-2-8-18-31)36(49-41)29-45-25-30-15-5-1-6-16-30/h1-24,36-39,41H,25-29H2/t36-,37-,38+,39+,41+/m1/s1. The molecule has 5 atom stereocenters. The van der Waals surface area contributed by atoms with Gasteiger partial charge in [-0.2, -0.15) is 5.10 Å². The third-order valence-electron chi connectivity index (χ3n) is 8.67. The van der Waals surface area contributed by atoms with Gasteiger partial charge >= 0.3 is 0 Å². The highest BCUT2D eigenvalue weighted by molar-refractivity contribution is 6.34. The highest BCUT2D eigenvalue weighted by Crippen LogP contribution is 2.38. The molecule has 1 aromatic heterocycles. The average Bonchev–Trinajstić information content (AvgIpc) is 3.50. The predicted octanol–water partition coefficient (Wildman–Crippen LogP) is 8.56. The maximum absolute atomic E-state index is 7.00. The van der Waals surface area contributed by atoms with Gasteiger partial charge < -0.3 is 23.7 Å². The molecule has 1 fully saturated rings. The van der Waals surface area contributed by atoms with E-state index in [1.54, 1.807) is 0 Å². The van der Waals surface area contributed by atoms with Crippen LogP contribution in [-0.4, -0.2) is 40.8 Å². The summed E-state index contributed by atoms with van der Waals surface area (Å²) in [4.78, 5) is 0. The molecule has 2 heterocycles. The number of hydrogen-bond acceptors (Lipinski definition) is 6. The second-order valence-corrected chi connectivity index (χ2v) is 12.5. The molecule has 0 unspecified atom stereocenters. The summed E-state index contributed by atoms with van der Waals surface area (Å²) in [6.45, 7) is 1.74. The monoisotopic (exact) mass is 674 g/mol. The van der Waals surface area contributed by atoms with Gasteiger partial charge in [0.2, 0.25) is 0 Å². The lowest BCUT2D eigenvalue weighted by Crippen LogP contribution is -2.59. The molecule has 1 aliphatic rings. The first kappa shape index (κ1) is 33.2. The first-order chi connectivity index (χ1) is 24.2. The van der Waals surface area contributed by atoms with Gasteiger partial charge in [0.15, 0.2) is 11.4 Å². The molecular weight excluding hydrogens is 636 g/mol. The minimum atomic E-state index is -0.705. The van der Waals surface area contributed by atoms with E-state index < -0.39 is 30.6 Å². The molecule has 1 aliphatic heterocycles. The van der Waals surface area contributed by atoms with Crippen molar-refractivity contribution in [2.45, 2.75) is 57.1 Å². The van der Waals surface area contributed by atoms with Gasteiger partial charge in [0.25, 0.3) is 0 Å². The van der Waals surface area contributed by atoms with Crippen molar-refractivity contribution < 1.29 is 23.7 Å². The maximum Gasteiger partial charge on any atom is 0.180 e. The van der Waals surface area contributed by atoms with Gasteiger partial charge in [0.1, 0.15) is 24.4 Å². The Morgan fingerprint density at radius 2 is 0.980 bits per heavy atom. The minimum Gasteiger partial charge on any atom is -0.374 e. The number of fused-ring (bicyclic) bond motifs is 1. The van der Waals surface area contributed by atoms with Gasteiger partial charge in [0, 0.05) is 5.39 Å². The van der Waals surface area contributed by atoms with E-state index >= 15 is 0 Å². The zero-order valence-electron chi connectivity index (χ0n) is 27.1.